The molecule has 0 saturated heterocycles. The number of hydrogen-bond donors (Lipinski definition) is 2. The Balaban J connectivity index is 1.60. The molecule has 1 atom stereocenters. The maximum atomic E-state index is 13.8. The smallest absolute Gasteiger partial charge is 0.329 e. The zero-order valence-electron chi connectivity index (χ0n) is 17.2. The van der Waals surface area contributed by atoms with E-state index in [1.54, 1.807) is 13.8 Å². The number of benzene rings is 2. The van der Waals surface area contributed by atoms with Crippen molar-refractivity contribution in [3.63, 3.8) is 0 Å². The predicted octanol–water partition coefficient (Wildman–Crippen LogP) is 3.79. The molecule has 0 spiro atoms. The molecular formula is C21H17F4N3O4S. The number of amides is 2. The van der Waals surface area contributed by atoms with Crippen molar-refractivity contribution < 1.29 is 36.7 Å². The summed E-state index contributed by atoms with van der Waals surface area (Å²) >= 11 is 0.701. The first-order valence-corrected chi connectivity index (χ1v) is 10.4. The van der Waals surface area contributed by atoms with Gasteiger partial charge in [0.05, 0.1) is 4.70 Å². The summed E-state index contributed by atoms with van der Waals surface area (Å²) < 4.78 is 58.4. The SMILES string of the molecule is CC(C)[C@@H](NC(=O)c1ccc(F)cc1)C(=O)OCC(=O)Nc1nc2c(F)c(F)c(F)cc2s1. The third-order valence-electron chi connectivity index (χ3n) is 4.43. The van der Waals surface area contributed by atoms with Gasteiger partial charge in [-0.15, -0.1) is 0 Å². The van der Waals surface area contributed by atoms with E-state index in [1.165, 1.54) is 12.1 Å². The third-order valence-corrected chi connectivity index (χ3v) is 5.34. The number of carbonyl (C=O) groups excluding carboxylic acids is 3. The number of nitrogens with zero attached hydrogens (tertiary/aromatic N) is 1. The Morgan fingerprint density at radius 2 is 1.73 bits per heavy atom. The Kier molecular flexibility index (Phi) is 7.26. The van der Waals surface area contributed by atoms with E-state index in [-0.39, 0.29) is 15.4 Å². The molecule has 0 unspecified atom stereocenters. The van der Waals surface area contributed by atoms with Gasteiger partial charge in [-0.25, -0.2) is 27.3 Å². The summed E-state index contributed by atoms with van der Waals surface area (Å²) in [4.78, 5) is 40.5. The number of ether oxygens (including phenoxy) is 1. The molecule has 1 heterocycles. The fourth-order valence-electron chi connectivity index (χ4n) is 2.73. The van der Waals surface area contributed by atoms with Gasteiger partial charge in [-0.05, 0) is 36.2 Å². The minimum absolute atomic E-state index is 0.0259. The number of fused-ring (bicyclic) bond motifs is 1. The number of rotatable bonds is 7. The Morgan fingerprint density at radius 3 is 2.36 bits per heavy atom. The second-order valence-corrected chi connectivity index (χ2v) is 8.24. The van der Waals surface area contributed by atoms with Gasteiger partial charge in [0.2, 0.25) is 0 Å². The maximum absolute atomic E-state index is 13.8. The van der Waals surface area contributed by atoms with Crippen molar-refractivity contribution in [3.05, 3.63) is 59.2 Å². The molecule has 0 aliphatic rings. The lowest BCUT2D eigenvalue weighted by molar-refractivity contribution is -0.150. The predicted molar refractivity (Wildman–Crippen MR) is 112 cm³/mol. The van der Waals surface area contributed by atoms with Gasteiger partial charge in [0, 0.05) is 5.56 Å². The molecule has 0 saturated carbocycles. The highest BCUT2D eigenvalue weighted by Crippen LogP contribution is 2.30. The zero-order valence-corrected chi connectivity index (χ0v) is 18.1. The Bertz CT molecular complexity index is 1210. The summed E-state index contributed by atoms with van der Waals surface area (Å²) in [7, 11) is 0. The van der Waals surface area contributed by atoms with Crippen molar-refractivity contribution in [2.75, 3.05) is 11.9 Å². The van der Waals surface area contributed by atoms with Gasteiger partial charge >= 0.3 is 5.97 Å². The number of halogens is 4. The molecule has 0 fully saturated rings. The Labute approximate surface area is 188 Å². The highest BCUT2D eigenvalue weighted by atomic mass is 32.1. The molecule has 0 aliphatic heterocycles. The van der Waals surface area contributed by atoms with Gasteiger partial charge < -0.3 is 10.1 Å². The van der Waals surface area contributed by atoms with Crippen LogP contribution in [-0.2, 0) is 14.3 Å². The molecule has 33 heavy (non-hydrogen) atoms. The first-order valence-electron chi connectivity index (χ1n) is 9.53. The van der Waals surface area contributed by atoms with Crippen molar-refractivity contribution >= 4 is 44.5 Å². The van der Waals surface area contributed by atoms with Crippen LogP contribution in [-0.4, -0.2) is 35.4 Å². The van der Waals surface area contributed by atoms with E-state index in [9.17, 15) is 31.9 Å². The van der Waals surface area contributed by atoms with E-state index in [4.69, 9.17) is 4.74 Å². The monoisotopic (exact) mass is 483 g/mol. The minimum atomic E-state index is -1.68. The summed E-state index contributed by atoms with van der Waals surface area (Å²) in [6.45, 7) is 2.53. The first-order chi connectivity index (χ1) is 15.6. The zero-order chi connectivity index (χ0) is 24.3. The highest BCUT2D eigenvalue weighted by Gasteiger charge is 2.27. The van der Waals surface area contributed by atoms with E-state index in [2.05, 4.69) is 15.6 Å². The van der Waals surface area contributed by atoms with Crippen LogP contribution >= 0.6 is 11.3 Å². The number of esters is 1. The largest absolute Gasteiger partial charge is 0.454 e. The molecule has 0 radical (unpaired) electrons. The third kappa shape index (κ3) is 5.64. The van der Waals surface area contributed by atoms with E-state index in [0.717, 1.165) is 18.2 Å². The molecule has 0 bridgehead atoms. The van der Waals surface area contributed by atoms with E-state index < -0.39 is 65.1 Å². The number of thiazole rings is 1. The normalized spacial score (nSPS) is 12.0. The molecule has 2 amide bonds. The average Bonchev–Trinajstić information content (AvgIpc) is 3.16. The van der Waals surface area contributed by atoms with Gasteiger partial charge in [0.15, 0.2) is 29.2 Å². The Morgan fingerprint density at radius 1 is 1.06 bits per heavy atom. The lowest BCUT2D eigenvalue weighted by Crippen LogP contribution is -2.45. The van der Waals surface area contributed by atoms with Crippen LogP contribution < -0.4 is 10.6 Å². The van der Waals surface area contributed by atoms with Crippen LogP contribution in [0.3, 0.4) is 0 Å². The van der Waals surface area contributed by atoms with Crippen LogP contribution in [0.1, 0.15) is 24.2 Å². The van der Waals surface area contributed by atoms with Crippen LogP contribution in [0, 0.1) is 29.2 Å². The summed E-state index contributed by atoms with van der Waals surface area (Å²) in [6, 6.07) is 4.34. The summed E-state index contributed by atoms with van der Waals surface area (Å²) in [5.74, 6) is -7.84. The van der Waals surface area contributed by atoms with E-state index in [1.807, 2.05) is 0 Å². The molecule has 174 valence electrons. The lowest BCUT2D eigenvalue weighted by Gasteiger charge is -2.20. The first kappa shape index (κ1) is 24.1. The van der Waals surface area contributed by atoms with Crippen molar-refractivity contribution in [3.8, 4) is 0 Å². The minimum Gasteiger partial charge on any atom is -0.454 e. The molecule has 2 N–H and O–H groups in total. The standard InChI is InChI=1S/C21H17F4N3O4S/c1-9(2)17(27-19(30)10-3-5-11(22)6-4-10)20(31)32-8-14(29)26-21-28-18-13(33-21)7-12(23)15(24)16(18)25/h3-7,9,17H,8H2,1-2H3,(H,27,30)(H,26,28,29)/t17-/m1/s1. The van der Waals surface area contributed by atoms with Gasteiger partial charge in [-0.2, -0.15) is 0 Å². The quantitative estimate of drug-likeness (QED) is 0.303. The maximum Gasteiger partial charge on any atom is 0.329 e. The fourth-order valence-corrected chi connectivity index (χ4v) is 3.64. The number of carbonyl (C=O) groups is 3. The second-order valence-electron chi connectivity index (χ2n) is 7.21. The number of anilines is 1. The number of nitrogens with one attached hydrogen (secondary N) is 2. The average molecular weight is 483 g/mol. The Hall–Kier alpha value is -3.54. The van der Waals surface area contributed by atoms with E-state index >= 15 is 0 Å². The van der Waals surface area contributed by atoms with Crippen LogP contribution in [0.2, 0.25) is 0 Å². The van der Waals surface area contributed by atoms with Gasteiger partial charge in [-0.1, -0.05) is 25.2 Å². The topological polar surface area (TPSA) is 97.4 Å². The highest BCUT2D eigenvalue weighted by molar-refractivity contribution is 7.22. The van der Waals surface area contributed by atoms with Crippen LogP contribution in [0.15, 0.2) is 30.3 Å². The molecular weight excluding hydrogens is 466 g/mol. The van der Waals surface area contributed by atoms with Gasteiger partial charge in [0.1, 0.15) is 17.4 Å². The lowest BCUT2D eigenvalue weighted by atomic mass is 10.0. The molecule has 2 aromatic carbocycles. The van der Waals surface area contributed by atoms with Crippen LogP contribution in [0.25, 0.3) is 10.2 Å². The molecule has 3 rings (SSSR count). The molecule has 3 aromatic rings. The van der Waals surface area contributed by atoms with Crippen molar-refractivity contribution in [1.29, 1.82) is 0 Å². The van der Waals surface area contributed by atoms with E-state index in [0.29, 0.717) is 11.3 Å². The van der Waals surface area contributed by atoms with Crippen molar-refractivity contribution in [2.24, 2.45) is 5.92 Å². The van der Waals surface area contributed by atoms with Gasteiger partial charge in [0.25, 0.3) is 11.8 Å². The summed E-state index contributed by atoms with van der Waals surface area (Å²) in [5.41, 5.74) is -0.321. The van der Waals surface area contributed by atoms with Crippen LogP contribution in [0.5, 0.6) is 0 Å². The van der Waals surface area contributed by atoms with Gasteiger partial charge in [-0.3, -0.25) is 14.9 Å². The second kappa shape index (κ2) is 9.94. The summed E-state index contributed by atoms with van der Waals surface area (Å²) in [6.07, 6.45) is 0. The summed E-state index contributed by atoms with van der Waals surface area (Å²) in [5, 5.41) is 4.57. The number of hydrogen-bond acceptors (Lipinski definition) is 6. The fraction of sp³-hybridized carbons (Fsp3) is 0.238. The van der Waals surface area contributed by atoms with Crippen molar-refractivity contribution in [2.45, 2.75) is 19.9 Å². The van der Waals surface area contributed by atoms with Crippen molar-refractivity contribution in [1.82, 2.24) is 10.3 Å². The molecule has 7 nitrogen and oxygen atoms in total. The van der Waals surface area contributed by atoms with Crippen LogP contribution in [0.4, 0.5) is 22.7 Å². The molecule has 1 aromatic heterocycles. The molecule has 0 aliphatic carbocycles. The number of aromatic nitrogens is 1. The molecule has 12 heteroatoms.